The Labute approximate surface area is 163 Å². The molecule has 9 heteroatoms. The zero-order valence-electron chi connectivity index (χ0n) is 16.0. The third-order valence-corrected chi connectivity index (χ3v) is 5.28. The maximum atomic E-state index is 12.6. The lowest BCUT2D eigenvalue weighted by Crippen LogP contribution is -2.55. The van der Waals surface area contributed by atoms with E-state index in [1.807, 2.05) is 37.3 Å². The molecule has 1 saturated heterocycles. The van der Waals surface area contributed by atoms with Crippen molar-refractivity contribution < 1.29 is 9.59 Å². The van der Waals surface area contributed by atoms with Crippen molar-refractivity contribution >= 4 is 11.8 Å². The molecule has 148 valence electrons. The van der Waals surface area contributed by atoms with E-state index in [0.29, 0.717) is 38.0 Å². The van der Waals surface area contributed by atoms with Gasteiger partial charge in [0, 0.05) is 37.8 Å². The van der Waals surface area contributed by atoms with Crippen LogP contribution in [0.25, 0.3) is 11.4 Å². The van der Waals surface area contributed by atoms with E-state index >= 15 is 0 Å². The highest BCUT2D eigenvalue weighted by molar-refractivity contribution is 5.82. The van der Waals surface area contributed by atoms with Crippen molar-refractivity contribution in [3.05, 3.63) is 30.3 Å². The molecule has 1 aliphatic carbocycles. The maximum Gasteiger partial charge on any atom is 0.246 e. The molecular weight excluding hydrogens is 358 g/mol. The summed E-state index contributed by atoms with van der Waals surface area (Å²) in [4.78, 5) is 30.0. The van der Waals surface area contributed by atoms with E-state index in [1.165, 1.54) is 4.80 Å². The number of aromatic nitrogens is 4. The summed E-state index contributed by atoms with van der Waals surface area (Å²) < 4.78 is 0. The lowest BCUT2D eigenvalue weighted by Gasteiger charge is -2.37. The number of rotatable bonds is 6. The first-order valence-corrected chi connectivity index (χ1v) is 9.75. The third-order valence-electron chi connectivity index (χ3n) is 5.28. The zero-order chi connectivity index (χ0) is 19.5. The lowest BCUT2D eigenvalue weighted by molar-refractivity contribution is -0.135. The fourth-order valence-corrected chi connectivity index (χ4v) is 3.31. The zero-order valence-corrected chi connectivity index (χ0v) is 16.0. The Morgan fingerprint density at radius 2 is 1.86 bits per heavy atom. The van der Waals surface area contributed by atoms with Gasteiger partial charge in [0.2, 0.25) is 17.6 Å². The average Bonchev–Trinajstić information content (AvgIpc) is 3.42. The molecule has 2 aliphatic rings. The molecule has 0 bridgehead atoms. The van der Waals surface area contributed by atoms with Crippen molar-refractivity contribution in [1.82, 2.24) is 35.3 Å². The van der Waals surface area contributed by atoms with Crippen molar-refractivity contribution in [2.24, 2.45) is 0 Å². The third kappa shape index (κ3) is 4.36. The molecule has 0 spiro atoms. The molecule has 1 atom stereocenters. The summed E-state index contributed by atoms with van der Waals surface area (Å²) in [6.45, 7) is 4.56. The molecule has 2 fully saturated rings. The molecule has 0 radical (unpaired) electrons. The second-order valence-corrected chi connectivity index (χ2v) is 7.39. The van der Waals surface area contributed by atoms with Gasteiger partial charge < -0.3 is 10.2 Å². The highest BCUT2D eigenvalue weighted by atomic mass is 16.2. The van der Waals surface area contributed by atoms with Crippen LogP contribution in [-0.4, -0.2) is 80.1 Å². The van der Waals surface area contributed by atoms with E-state index < -0.39 is 0 Å². The van der Waals surface area contributed by atoms with Gasteiger partial charge in [-0.05, 0) is 25.0 Å². The first-order valence-electron chi connectivity index (χ1n) is 9.75. The number of carbonyl (C=O) groups excluding carboxylic acids is 2. The lowest BCUT2D eigenvalue weighted by atomic mass is 10.2. The fraction of sp³-hybridized carbons (Fsp3) is 0.526. The topological polar surface area (TPSA) is 96.2 Å². The highest BCUT2D eigenvalue weighted by Crippen LogP contribution is 2.19. The monoisotopic (exact) mass is 383 g/mol. The van der Waals surface area contributed by atoms with Gasteiger partial charge >= 0.3 is 0 Å². The molecule has 1 aromatic carbocycles. The molecule has 9 nitrogen and oxygen atoms in total. The van der Waals surface area contributed by atoms with Crippen molar-refractivity contribution in [3.63, 3.8) is 0 Å². The molecule has 1 saturated carbocycles. The second-order valence-electron chi connectivity index (χ2n) is 7.39. The molecule has 1 N–H and O–H groups in total. The average molecular weight is 383 g/mol. The van der Waals surface area contributed by atoms with E-state index in [9.17, 15) is 9.59 Å². The number of hydrogen-bond donors (Lipinski definition) is 1. The quantitative estimate of drug-likeness (QED) is 0.763. The molecule has 28 heavy (non-hydrogen) atoms. The Morgan fingerprint density at radius 3 is 2.54 bits per heavy atom. The largest absolute Gasteiger partial charge is 0.352 e. The SMILES string of the molecule is CC(C(=O)NC1CC1)N1CCN(C(=O)Cn2nnc(-c3ccccc3)n2)CC1. The summed E-state index contributed by atoms with van der Waals surface area (Å²) in [5.74, 6) is 0.558. The number of carbonyl (C=O) groups is 2. The molecule has 2 heterocycles. The van der Waals surface area contributed by atoms with Crippen LogP contribution in [0, 0.1) is 0 Å². The molecular formula is C19H25N7O2. The summed E-state index contributed by atoms with van der Waals surface area (Å²) in [5.41, 5.74) is 0.869. The summed E-state index contributed by atoms with van der Waals surface area (Å²) in [6.07, 6.45) is 2.17. The van der Waals surface area contributed by atoms with E-state index in [-0.39, 0.29) is 24.4 Å². The van der Waals surface area contributed by atoms with Gasteiger partial charge in [0.15, 0.2) is 0 Å². The standard InChI is InChI=1S/C19H25N7O2/c1-14(19(28)20-16-7-8-16)24-9-11-25(12-10-24)17(27)13-26-22-18(21-23-26)15-5-3-2-4-6-15/h2-6,14,16H,7-13H2,1H3,(H,20,28). The van der Waals surface area contributed by atoms with Gasteiger partial charge in [-0.1, -0.05) is 30.3 Å². The number of nitrogens with one attached hydrogen (secondary N) is 1. The van der Waals surface area contributed by atoms with Crippen LogP contribution in [0.3, 0.4) is 0 Å². The van der Waals surface area contributed by atoms with E-state index in [4.69, 9.17) is 0 Å². The predicted octanol–water partition coefficient (Wildman–Crippen LogP) is 0.151. The summed E-state index contributed by atoms with van der Waals surface area (Å²) >= 11 is 0. The molecule has 1 aliphatic heterocycles. The van der Waals surface area contributed by atoms with Gasteiger partial charge in [0.25, 0.3) is 0 Å². The number of hydrogen-bond acceptors (Lipinski definition) is 6. The van der Waals surface area contributed by atoms with Gasteiger partial charge in [-0.25, -0.2) is 0 Å². The van der Waals surface area contributed by atoms with E-state index in [1.54, 1.807) is 4.90 Å². The van der Waals surface area contributed by atoms with Crippen LogP contribution >= 0.6 is 0 Å². The Kier molecular flexibility index (Phi) is 5.34. The van der Waals surface area contributed by atoms with Crippen LogP contribution in [0.4, 0.5) is 0 Å². The minimum Gasteiger partial charge on any atom is -0.352 e. The molecule has 1 aromatic heterocycles. The van der Waals surface area contributed by atoms with Crippen LogP contribution in [0.5, 0.6) is 0 Å². The van der Waals surface area contributed by atoms with Crippen LogP contribution in [-0.2, 0) is 16.1 Å². The first-order chi connectivity index (χ1) is 13.6. The molecule has 1 unspecified atom stereocenters. The highest BCUT2D eigenvalue weighted by Gasteiger charge is 2.31. The summed E-state index contributed by atoms with van der Waals surface area (Å²) in [7, 11) is 0. The first kappa shape index (κ1) is 18.5. The van der Waals surface area contributed by atoms with Gasteiger partial charge in [-0.3, -0.25) is 14.5 Å². The number of benzene rings is 1. The minimum absolute atomic E-state index is 0.0354. The van der Waals surface area contributed by atoms with Gasteiger partial charge in [-0.2, -0.15) is 4.80 Å². The smallest absolute Gasteiger partial charge is 0.246 e. The number of piperazine rings is 1. The van der Waals surface area contributed by atoms with Crippen LogP contribution in [0.15, 0.2) is 30.3 Å². The Morgan fingerprint density at radius 1 is 1.14 bits per heavy atom. The van der Waals surface area contributed by atoms with Gasteiger partial charge in [-0.15, -0.1) is 10.2 Å². The van der Waals surface area contributed by atoms with Gasteiger partial charge in [0.1, 0.15) is 6.54 Å². The Bertz CT molecular complexity index is 826. The second kappa shape index (κ2) is 8.05. The molecule has 2 aromatic rings. The number of amides is 2. The van der Waals surface area contributed by atoms with Crippen molar-refractivity contribution in [1.29, 1.82) is 0 Å². The Balaban J connectivity index is 1.27. The van der Waals surface area contributed by atoms with Crippen LogP contribution in [0.2, 0.25) is 0 Å². The summed E-state index contributed by atoms with van der Waals surface area (Å²) in [5, 5.41) is 15.4. The summed E-state index contributed by atoms with van der Waals surface area (Å²) in [6, 6.07) is 9.76. The van der Waals surface area contributed by atoms with E-state index in [2.05, 4.69) is 25.6 Å². The fourth-order valence-electron chi connectivity index (χ4n) is 3.31. The van der Waals surface area contributed by atoms with Gasteiger partial charge in [0.05, 0.1) is 6.04 Å². The van der Waals surface area contributed by atoms with E-state index in [0.717, 1.165) is 18.4 Å². The predicted molar refractivity (Wildman–Crippen MR) is 102 cm³/mol. The van der Waals surface area contributed by atoms with Crippen LogP contribution in [0.1, 0.15) is 19.8 Å². The molecule has 2 amide bonds. The maximum absolute atomic E-state index is 12.6. The number of nitrogens with zero attached hydrogens (tertiary/aromatic N) is 6. The Hall–Kier alpha value is -2.81. The molecule has 4 rings (SSSR count). The minimum atomic E-state index is -0.164. The van der Waals surface area contributed by atoms with Crippen molar-refractivity contribution in [2.45, 2.75) is 38.4 Å². The van der Waals surface area contributed by atoms with Crippen molar-refractivity contribution in [3.8, 4) is 11.4 Å². The van der Waals surface area contributed by atoms with Crippen molar-refractivity contribution in [2.75, 3.05) is 26.2 Å². The van der Waals surface area contributed by atoms with Crippen LogP contribution < -0.4 is 5.32 Å². The normalized spacial score (nSPS) is 18.7. The number of tetrazole rings is 1.